The number of thiophene rings is 1. The standard InChI is InChI=1S/C26H26BrN5O5S/c1-26(2)10-16-20(17(33)11-26)21(13-8-15(27)22(37-4)18(9-13)36-3)32-23(29-16)14(12-28-32)24(34)30-31-25(35)19-6-5-7-38-19/h5-9,12,20-21H,10-11H2,1-4H3,(H,30,34)(H,31,35). The van der Waals surface area contributed by atoms with Crippen LogP contribution in [0.25, 0.3) is 0 Å². The number of carbonyl (C=O) groups is 3. The number of Topliss-reactive ketones (excluding diaryl/α,β-unsaturated/α-hetero) is 1. The minimum atomic E-state index is -0.562. The Morgan fingerprint density at radius 1 is 1.16 bits per heavy atom. The van der Waals surface area contributed by atoms with Crippen LogP contribution in [-0.4, -0.2) is 47.3 Å². The number of benzene rings is 1. The van der Waals surface area contributed by atoms with Crippen molar-refractivity contribution in [1.82, 2.24) is 20.6 Å². The second-order valence-electron chi connectivity index (χ2n) is 9.96. The van der Waals surface area contributed by atoms with Gasteiger partial charge < -0.3 is 9.47 Å². The molecule has 0 bridgehead atoms. The molecular weight excluding hydrogens is 574 g/mol. The number of nitrogens with one attached hydrogen (secondary N) is 2. The summed E-state index contributed by atoms with van der Waals surface area (Å²) in [5.41, 5.74) is 6.25. The zero-order valence-corrected chi connectivity index (χ0v) is 23.6. The van der Waals surface area contributed by atoms with Gasteiger partial charge in [0.15, 0.2) is 17.3 Å². The number of aromatic nitrogens is 2. The molecule has 2 N–H and O–H groups in total. The van der Waals surface area contributed by atoms with Crippen LogP contribution in [0.15, 0.2) is 45.3 Å². The van der Waals surface area contributed by atoms with Crippen molar-refractivity contribution in [3.05, 3.63) is 56.3 Å². The third-order valence-corrected chi connectivity index (χ3v) is 8.15. The van der Waals surface area contributed by atoms with E-state index in [2.05, 4.69) is 31.9 Å². The third-order valence-electron chi connectivity index (χ3n) is 6.69. The van der Waals surface area contributed by atoms with Gasteiger partial charge in [-0.3, -0.25) is 25.2 Å². The number of fused-ring (bicyclic) bond motifs is 2. The maximum atomic E-state index is 13.5. The molecule has 0 radical (unpaired) electrons. The number of ether oxygens (including phenoxy) is 2. The molecule has 2 aliphatic rings. The van der Waals surface area contributed by atoms with E-state index < -0.39 is 23.8 Å². The molecular formula is C26H26BrN5O5S. The van der Waals surface area contributed by atoms with Gasteiger partial charge in [0, 0.05) is 12.1 Å². The fourth-order valence-corrected chi connectivity index (χ4v) is 6.34. The number of hydrogen-bond donors (Lipinski definition) is 2. The number of amides is 2. The summed E-state index contributed by atoms with van der Waals surface area (Å²) in [6.45, 7) is 4.07. The first-order valence-electron chi connectivity index (χ1n) is 11.9. The first kappa shape index (κ1) is 26.1. The summed E-state index contributed by atoms with van der Waals surface area (Å²) in [5, 5.41) is 6.28. The van der Waals surface area contributed by atoms with E-state index in [1.54, 1.807) is 36.4 Å². The lowest BCUT2D eigenvalue weighted by Crippen LogP contribution is -2.45. The lowest BCUT2D eigenvalue weighted by molar-refractivity contribution is -0.124. The van der Waals surface area contributed by atoms with E-state index in [1.165, 1.54) is 17.5 Å². The highest BCUT2D eigenvalue weighted by Gasteiger charge is 2.47. The fourth-order valence-electron chi connectivity index (χ4n) is 5.10. The van der Waals surface area contributed by atoms with Gasteiger partial charge in [-0.2, -0.15) is 5.10 Å². The van der Waals surface area contributed by atoms with Gasteiger partial charge in [-0.25, -0.2) is 9.67 Å². The molecule has 1 aromatic carbocycles. The molecule has 10 nitrogen and oxygen atoms in total. The molecule has 1 aliphatic carbocycles. The molecule has 38 heavy (non-hydrogen) atoms. The predicted molar refractivity (Wildman–Crippen MR) is 145 cm³/mol. The molecule has 3 heterocycles. The number of ketones is 1. The van der Waals surface area contributed by atoms with Crippen molar-refractivity contribution in [3.8, 4) is 11.5 Å². The van der Waals surface area contributed by atoms with Gasteiger partial charge in [-0.05, 0) is 56.9 Å². The van der Waals surface area contributed by atoms with Crippen molar-refractivity contribution in [3.63, 3.8) is 0 Å². The Kier molecular flexibility index (Phi) is 6.86. The summed E-state index contributed by atoms with van der Waals surface area (Å²) >= 11 is 4.82. The Balaban J connectivity index is 1.57. The second kappa shape index (κ2) is 9.99. The van der Waals surface area contributed by atoms with Crippen LogP contribution >= 0.6 is 27.3 Å². The number of rotatable bonds is 5. The third kappa shape index (κ3) is 4.62. The average Bonchev–Trinajstić information content (AvgIpc) is 3.55. The summed E-state index contributed by atoms with van der Waals surface area (Å²) in [4.78, 5) is 44.2. The van der Waals surface area contributed by atoms with Gasteiger partial charge in [0.05, 0.1) is 41.7 Å². The summed E-state index contributed by atoms with van der Waals surface area (Å²) in [6, 6.07) is 6.54. The van der Waals surface area contributed by atoms with Crippen molar-refractivity contribution in [1.29, 1.82) is 0 Å². The van der Waals surface area contributed by atoms with Gasteiger partial charge in [-0.15, -0.1) is 11.3 Å². The molecule has 2 amide bonds. The SMILES string of the molecule is COc1cc(C2C3C(=O)CC(C)(C)CC3=Nc3c(C(=O)NNC(=O)c4cccs4)cnn32)cc(Br)c1OC. The highest BCUT2D eigenvalue weighted by molar-refractivity contribution is 9.10. The van der Waals surface area contributed by atoms with E-state index in [-0.39, 0.29) is 16.8 Å². The lowest BCUT2D eigenvalue weighted by Gasteiger charge is -2.40. The second-order valence-corrected chi connectivity index (χ2v) is 11.8. The fraction of sp³-hybridized carbons (Fsp3) is 0.346. The van der Waals surface area contributed by atoms with Gasteiger partial charge in [0.1, 0.15) is 11.3 Å². The molecule has 3 aromatic rings. The number of aliphatic imine (C=N–C) groups is 1. The highest BCUT2D eigenvalue weighted by atomic mass is 79.9. The molecule has 2 aromatic heterocycles. The number of nitrogens with zero attached hydrogens (tertiary/aromatic N) is 3. The van der Waals surface area contributed by atoms with E-state index in [9.17, 15) is 14.4 Å². The van der Waals surface area contributed by atoms with Crippen molar-refractivity contribution in [2.45, 2.75) is 32.7 Å². The summed E-state index contributed by atoms with van der Waals surface area (Å²) in [7, 11) is 3.09. The molecule has 198 valence electrons. The number of halogens is 1. The maximum absolute atomic E-state index is 13.5. The molecule has 1 fully saturated rings. The summed E-state index contributed by atoms with van der Waals surface area (Å²) in [5.74, 6) is -0.130. The van der Waals surface area contributed by atoms with Gasteiger partial charge in [-0.1, -0.05) is 19.9 Å². The Labute approximate surface area is 231 Å². The number of methoxy groups -OCH3 is 2. The maximum Gasteiger partial charge on any atom is 0.279 e. The summed E-state index contributed by atoms with van der Waals surface area (Å²) < 4.78 is 13.3. The smallest absolute Gasteiger partial charge is 0.279 e. The predicted octanol–water partition coefficient (Wildman–Crippen LogP) is 4.48. The van der Waals surface area contributed by atoms with Gasteiger partial charge in [0.2, 0.25) is 0 Å². The number of hydrogen-bond acceptors (Lipinski definition) is 8. The van der Waals surface area contributed by atoms with Crippen molar-refractivity contribution in [2.75, 3.05) is 14.2 Å². The molecule has 2 unspecified atom stereocenters. The molecule has 0 spiro atoms. The van der Waals surface area contributed by atoms with Crippen molar-refractivity contribution >= 4 is 56.4 Å². The normalized spacial score (nSPS) is 19.6. The van der Waals surface area contributed by atoms with Crippen molar-refractivity contribution in [2.24, 2.45) is 16.3 Å². The van der Waals surface area contributed by atoms with E-state index in [4.69, 9.17) is 14.5 Å². The van der Waals surface area contributed by atoms with Crippen LogP contribution in [0.5, 0.6) is 11.5 Å². The minimum Gasteiger partial charge on any atom is -0.493 e. The number of carbonyl (C=O) groups excluding carboxylic acids is 3. The van der Waals surface area contributed by atoms with Gasteiger partial charge in [0.25, 0.3) is 11.8 Å². The van der Waals surface area contributed by atoms with Crippen LogP contribution in [0.1, 0.15) is 58.3 Å². The topological polar surface area (TPSA) is 124 Å². The Morgan fingerprint density at radius 2 is 1.92 bits per heavy atom. The van der Waals surface area contributed by atoms with E-state index in [1.807, 2.05) is 26.0 Å². The van der Waals surface area contributed by atoms with Crippen LogP contribution < -0.4 is 20.3 Å². The van der Waals surface area contributed by atoms with Crippen LogP contribution in [0.4, 0.5) is 5.82 Å². The molecule has 2 atom stereocenters. The first-order valence-corrected chi connectivity index (χ1v) is 13.5. The Hall–Kier alpha value is -3.51. The zero-order valence-electron chi connectivity index (χ0n) is 21.2. The monoisotopic (exact) mass is 599 g/mol. The largest absolute Gasteiger partial charge is 0.493 e. The Morgan fingerprint density at radius 3 is 2.61 bits per heavy atom. The summed E-state index contributed by atoms with van der Waals surface area (Å²) in [6.07, 6.45) is 2.40. The van der Waals surface area contributed by atoms with Crippen LogP contribution in [-0.2, 0) is 4.79 Å². The first-order chi connectivity index (χ1) is 18.1. The Bertz CT molecular complexity index is 1460. The molecule has 1 aliphatic heterocycles. The van der Waals surface area contributed by atoms with Crippen LogP contribution in [0, 0.1) is 11.3 Å². The van der Waals surface area contributed by atoms with E-state index >= 15 is 0 Å². The van der Waals surface area contributed by atoms with Crippen molar-refractivity contribution < 1.29 is 23.9 Å². The van der Waals surface area contributed by atoms with E-state index in [0.29, 0.717) is 45.2 Å². The highest BCUT2D eigenvalue weighted by Crippen LogP contribution is 2.48. The molecule has 5 rings (SSSR count). The zero-order chi connectivity index (χ0) is 27.2. The molecule has 1 saturated carbocycles. The average molecular weight is 600 g/mol. The molecule has 12 heteroatoms. The minimum absolute atomic E-state index is 0.0614. The van der Waals surface area contributed by atoms with Crippen LogP contribution in [0.2, 0.25) is 0 Å². The lowest BCUT2D eigenvalue weighted by atomic mass is 9.67. The number of hydrazine groups is 1. The molecule has 0 saturated heterocycles. The van der Waals surface area contributed by atoms with Crippen LogP contribution in [0.3, 0.4) is 0 Å². The quantitative estimate of drug-likeness (QED) is 0.417. The van der Waals surface area contributed by atoms with E-state index in [0.717, 1.165) is 5.56 Å². The van der Waals surface area contributed by atoms with Gasteiger partial charge >= 0.3 is 0 Å².